The number of hydrogen-bond donors (Lipinski definition) is 0. The van der Waals surface area contributed by atoms with Crippen LogP contribution in [-0.4, -0.2) is 61.0 Å². The van der Waals surface area contributed by atoms with E-state index in [1.165, 1.54) is 5.56 Å². The average molecular weight is 425 g/mol. The summed E-state index contributed by atoms with van der Waals surface area (Å²) in [6.07, 6.45) is 2.89. The van der Waals surface area contributed by atoms with E-state index in [2.05, 4.69) is 6.92 Å². The van der Waals surface area contributed by atoms with Gasteiger partial charge in [-0.1, -0.05) is 25.5 Å². The Morgan fingerprint density at radius 2 is 1.42 bits per heavy atom. The van der Waals surface area contributed by atoms with Crippen molar-refractivity contribution < 1.29 is 19.1 Å². The lowest BCUT2D eigenvalue weighted by Gasteiger charge is -2.22. The van der Waals surface area contributed by atoms with Crippen molar-refractivity contribution in [3.8, 4) is 11.5 Å². The zero-order valence-corrected chi connectivity index (χ0v) is 18.5. The number of carbonyl (C=O) groups excluding carboxylic acids is 2. The zero-order valence-electron chi connectivity index (χ0n) is 18.5. The van der Waals surface area contributed by atoms with Gasteiger partial charge in [0.1, 0.15) is 11.5 Å². The first-order valence-corrected chi connectivity index (χ1v) is 11.1. The number of ether oxygens (including phenoxy) is 2. The molecule has 0 bridgehead atoms. The Hall–Kier alpha value is -3.02. The van der Waals surface area contributed by atoms with Crippen LogP contribution in [0.15, 0.2) is 48.5 Å². The quantitative estimate of drug-likeness (QED) is 0.647. The molecule has 1 fully saturated rings. The smallest absolute Gasteiger partial charge is 0.260 e. The van der Waals surface area contributed by atoms with Gasteiger partial charge in [0.05, 0.1) is 6.61 Å². The second-order valence-corrected chi connectivity index (χ2v) is 7.67. The molecule has 1 aliphatic heterocycles. The highest BCUT2D eigenvalue weighted by molar-refractivity contribution is 5.94. The number of hydrogen-bond acceptors (Lipinski definition) is 4. The topological polar surface area (TPSA) is 59.1 Å². The summed E-state index contributed by atoms with van der Waals surface area (Å²) in [4.78, 5) is 29.1. The summed E-state index contributed by atoms with van der Waals surface area (Å²) < 4.78 is 11.1. The third kappa shape index (κ3) is 6.48. The number of amides is 2. The third-order valence-corrected chi connectivity index (χ3v) is 5.37. The molecule has 1 saturated heterocycles. The molecule has 0 unspecified atom stereocenters. The van der Waals surface area contributed by atoms with Gasteiger partial charge in [0, 0.05) is 31.7 Å². The molecular formula is C25H32N2O4. The van der Waals surface area contributed by atoms with Gasteiger partial charge >= 0.3 is 0 Å². The van der Waals surface area contributed by atoms with E-state index in [0.29, 0.717) is 44.1 Å². The van der Waals surface area contributed by atoms with Crippen molar-refractivity contribution in [1.29, 1.82) is 0 Å². The number of carbonyl (C=O) groups is 2. The molecule has 2 aromatic carbocycles. The van der Waals surface area contributed by atoms with Crippen LogP contribution in [0.4, 0.5) is 0 Å². The molecule has 166 valence electrons. The van der Waals surface area contributed by atoms with E-state index in [1.807, 2.05) is 48.2 Å². The second kappa shape index (κ2) is 11.4. The summed E-state index contributed by atoms with van der Waals surface area (Å²) in [5.74, 6) is 1.40. The van der Waals surface area contributed by atoms with Gasteiger partial charge in [0.25, 0.3) is 11.8 Å². The first-order valence-electron chi connectivity index (χ1n) is 11.1. The predicted molar refractivity (Wildman–Crippen MR) is 121 cm³/mol. The molecule has 1 heterocycles. The monoisotopic (exact) mass is 424 g/mol. The largest absolute Gasteiger partial charge is 0.494 e. The van der Waals surface area contributed by atoms with E-state index < -0.39 is 0 Å². The molecule has 0 aliphatic carbocycles. The lowest BCUT2D eigenvalue weighted by atomic mass is 10.1. The zero-order chi connectivity index (χ0) is 22.1. The summed E-state index contributed by atoms with van der Waals surface area (Å²) in [5, 5.41) is 0. The summed E-state index contributed by atoms with van der Waals surface area (Å²) in [7, 11) is 0. The summed E-state index contributed by atoms with van der Waals surface area (Å²) in [6, 6.07) is 15.1. The molecule has 6 heteroatoms. The van der Waals surface area contributed by atoms with Crippen LogP contribution in [0.2, 0.25) is 0 Å². The van der Waals surface area contributed by atoms with E-state index in [0.717, 1.165) is 25.0 Å². The van der Waals surface area contributed by atoms with Crippen LogP contribution < -0.4 is 9.47 Å². The van der Waals surface area contributed by atoms with Crippen molar-refractivity contribution >= 4 is 11.8 Å². The van der Waals surface area contributed by atoms with Crippen molar-refractivity contribution in [3.05, 3.63) is 59.7 Å². The summed E-state index contributed by atoms with van der Waals surface area (Å²) in [6.45, 7) is 6.98. The Kier molecular flexibility index (Phi) is 8.33. The minimum atomic E-state index is -0.0481. The predicted octanol–water partition coefficient (Wildman–Crippen LogP) is 3.79. The van der Waals surface area contributed by atoms with Gasteiger partial charge in [0.2, 0.25) is 0 Å². The van der Waals surface area contributed by atoms with Crippen LogP contribution in [0.25, 0.3) is 0 Å². The molecular weight excluding hydrogens is 392 g/mol. The first kappa shape index (κ1) is 22.7. The van der Waals surface area contributed by atoms with E-state index in [4.69, 9.17) is 9.47 Å². The van der Waals surface area contributed by atoms with Gasteiger partial charge in [-0.2, -0.15) is 0 Å². The highest BCUT2D eigenvalue weighted by atomic mass is 16.5. The summed E-state index contributed by atoms with van der Waals surface area (Å²) >= 11 is 0. The van der Waals surface area contributed by atoms with Crippen molar-refractivity contribution in [2.45, 2.75) is 33.1 Å². The van der Waals surface area contributed by atoms with Crippen LogP contribution in [-0.2, 0) is 11.2 Å². The highest BCUT2D eigenvalue weighted by Crippen LogP contribution is 2.16. The molecule has 0 N–H and O–H groups in total. The maximum atomic E-state index is 12.8. The van der Waals surface area contributed by atoms with Crippen LogP contribution >= 0.6 is 0 Å². The number of aryl methyl sites for hydroxylation is 1. The van der Waals surface area contributed by atoms with E-state index >= 15 is 0 Å². The van der Waals surface area contributed by atoms with Crippen molar-refractivity contribution in [3.63, 3.8) is 0 Å². The molecule has 6 nitrogen and oxygen atoms in total. The lowest BCUT2D eigenvalue weighted by molar-refractivity contribution is -0.133. The Morgan fingerprint density at radius 1 is 0.806 bits per heavy atom. The SMILES string of the molecule is CCCc1ccc(OCC(=O)N2CCCN(C(=O)c3ccc(OCC)cc3)CC2)cc1. The molecule has 0 aromatic heterocycles. The molecule has 2 aromatic rings. The second-order valence-electron chi connectivity index (χ2n) is 7.67. The van der Waals surface area contributed by atoms with Crippen LogP contribution in [0.1, 0.15) is 42.6 Å². The molecule has 0 atom stereocenters. The van der Waals surface area contributed by atoms with E-state index in [-0.39, 0.29) is 18.4 Å². The Morgan fingerprint density at radius 3 is 2.10 bits per heavy atom. The van der Waals surface area contributed by atoms with Crippen molar-refractivity contribution in [1.82, 2.24) is 9.80 Å². The number of nitrogens with zero attached hydrogens (tertiary/aromatic N) is 2. The number of benzene rings is 2. The fraction of sp³-hybridized carbons (Fsp3) is 0.440. The minimum absolute atomic E-state index is 0.0132. The standard InChI is InChI=1S/C25H32N2O4/c1-3-6-20-7-11-23(12-8-20)31-19-24(28)26-15-5-16-27(18-17-26)25(29)21-9-13-22(14-10-21)30-4-2/h7-14H,3-6,15-19H2,1-2H3. The molecule has 0 saturated carbocycles. The Labute approximate surface area is 184 Å². The van der Waals surface area contributed by atoms with Crippen molar-refractivity contribution in [2.75, 3.05) is 39.4 Å². The molecule has 31 heavy (non-hydrogen) atoms. The Bertz CT molecular complexity index is 849. The van der Waals surface area contributed by atoms with Crippen molar-refractivity contribution in [2.24, 2.45) is 0 Å². The van der Waals surface area contributed by atoms with E-state index in [9.17, 15) is 9.59 Å². The summed E-state index contributed by atoms with van der Waals surface area (Å²) in [5.41, 5.74) is 1.91. The lowest BCUT2D eigenvalue weighted by Crippen LogP contribution is -2.39. The van der Waals surface area contributed by atoms with Gasteiger partial charge in [-0.3, -0.25) is 9.59 Å². The molecule has 1 aliphatic rings. The van der Waals surface area contributed by atoms with Gasteiger partial charge < -0.3 is 19.3 Å². The fourth-order valence-electron chi connectivity index (χ4n) is 3.69. The minimum Gasteiger partial charge on any atom is -0.494 e. The maximum absolute atomic E-state index is 12.8. The van der Waals surface area contributed by atoms with Crippen LogP contribution in [0.3, 0.4) is 0 Å². The molecule has 0 spiro atoms. The van der Waals surface area contributed by atoms with E-state index in [1.54, 1.807) is 17.0 Å². The van der Waals surface area contributed by atoms with Crippen LogP contribution in [0, 0.1) is 0 Å². The average Bonchev–Trinajstić information content (AvgIpc) is 3.05. The molecule has 0 radical (unpaired) electrons. The molecule has 2 amide bonds. The fourth-order valence-corrected chi connectivity index (χ4v) is 3.69. The first-order chi connectivity index (χ1) is 15.1. The van der Waals surface area contributed by atoms with Crippen LogP contribution in [0.5, 0.6) is 11.5 Å². The maximum Gasteiger partial charge on any atom is 0.260 e. The van der Waals surface area contributed by atoms with Gasteiger partial charge in [0.15, 0.2) is 6.61 Å². The Balaban J connectivity index is 1.49. The van der Waals surface area contributed by atoms with Gasteiger partial charge in [-0.15, -0.1) is 0 Å². The molecule has 3 rings (SSSR count). The highest BCUT2D eigenvalue weighted by Gasteiger charge is 2.23. The van der Waals surface area contributed by atoms with Gasteiger partial charge in [-0.05, 0) is 61.7 Å². The third-order valence-electron chi connectivity index (χ3n) is 5.37. The normalized spacial score (nSPS) is 14.1. The van der Waals surface area contributed by atoms with Gasteiger partial charge in [-0.25, -0.2) is 0 Å². The number of rotatable bonds is 8.